The van der Waals surface area contributed by atoms with Crippen LogP contribution >= 0.6 is 0 Å². The Morgan fingerprint density at radius 3 is 2.36 bits per heavy atom. The molecule has 0 spiro atoms. The van der Waals surface area contributed by atoms with Crippen LogP contribution in [0.3, 0.4) is 0 Å². The molecule has 2 aliphatic heterocycles. The number of rotatable bonds is 2. The molecule has 2 heterocycles. The lowest BCUT2D eigenvalue weighted by Crippen LogP contribution is -2.58. The second-order valence-corrected chi connectivity index (χ2v) is 7.91. The van der Waals surface area contributed by atoms with Gasteiger partial charge in [-0.1, -0.05) is 0 Å². The molecule has 0 aliphatic carbocycles. The summed E-state index contributed by atoms with van der Waals surface area (Å²) in [5.74, 6) is 0. The summed E-state index contributed by atoms with van der Waals surface area (Å²) < 4.78 is 5.55. The standard InChI is InChI=1S/C17H33N3O2/c1-13-15(18-14-8-11-19(5)12-9-14)7-6-10-20(13)16(21)22-17(2,3)4/h13-15,18H,6-12H2,1-5H3. The monoisotopic (exact) mass is 311 g/mol. The molecule has 22 heavy (non-hydrogen) atoms. The van der Waals surface area contributed by atoms with Gasteiger partial charge in [0.1, 0.15) is 5.60 Å². The first-order valence-electron chi connectivity index (χ1n) is 8.70. The molecule has 2 aliphatic rings. The molecule has 2 atom stereocenters. The maximum absolute atomic E-state index is 12.4. The number of ether oxygens (including phenoxy) is 1. The summed E-state index contributed by atoms with van der Waals surface area (Å²) in [6, 6.07) is 1.17. The highest BCUT2D eigenvalue weighted by molar-refractivity contribution is 5.68. The Kier molecular flexibility index (Phi) is 5.72. The van der Waals surface area contributed by atoms with E-state index in [9.17, 15) is 4.79 Å². The van der Waals surface area contributed by atoms with Gasteiger partial charge in [0.05, 0.1) is 0 Å². The molecule has 1 N–H and O–H groups in total. The fourth-order valence-corrected chi connectivity index (χ4v) is 3.42. The summed E-state index contributed by atoms with van der Waals surface area (Å²) in [4.78, 5) is 16.7. The maximum Gasteiger partial charge on any atom is 0.410 e. The Morgan fingerprint density at radius 1 is 1.14 bits per heavy atom. The zero-order valence-electron chi connectivity index (χ0n) is 14.9. The predicted molar refractivity (Wildman–Crippen MR) is 89.1 cm³/mol. The summed E-state index contributed by atoms with van der Waals surface area (Å²) in [6.07, 6.45) is 4.42. The molecule has 2 unspecified atom stereocenters. The van der Waals surface area contributed by atoms with Crippen LogP contribution in [0, 0.1) is 0 Å². The molecule has 0 aromatic carbocycles. The Hall–Kier alpha value is -0.810. The van der Waals surface area contributed by atoms with Gasteiger partial charge in [0.25, 0.3) is 0 Å². The van der Waals surface area contributed by atoms with E-state index in [0.717, 1.165) is 32.5 Å². The number of carbonyl (C=O) groups is 1. The quantitative estimate of drug-likeness (QED) is 0.851. The minimum atomic E-state index is -0.425. The number of nitrogens with one attached hydrogen (secondary N) is 1. The zero-order valence-corrected chi connectivity index (χ0v) is 14.9. The third-order valence-electron chi connectivity index (χ3n) is 4.78. The van der Waals surface area contributed by atoms with Gasteiger partial charge in [-0.25, -0.2) is 4.79 Å². The smallest absolute Gasteiger partial charge is 0.410 e. The first kappa shape index (κ1) is 17.5. The second-order valence-electron chi connectivity index (χ2n) is 7.91. The van der Waals surface area contributed by atoms with Crippen LogP contribution in [-0.4, -0.2) is 66.3 Å². The van der Waals surface area contributed by atoms with E-state index in [2.05, 4.69) is 24.2 Å². The lowest BCUT2D eigenvalue weighted by Gasteiger charge is -2.42. The molecule has 128 valence electrons. The third-order valence-corrected chi connectivity index (χ3v) is 4.78. The summed E-state index contributed by atoms with van der Waals surface area (Å²) >= 11 is 0. The Bertz CT molecular complexity index is 373. The molecule has 5 heteroatoms. The fraction of sp³-hybridized carbons (Fsp3) is 0.941. The van der Waals surface area contributed by atoms with Gasteiger partial charge in [0, 0.05) is 24.7 Å². The van der Waals surface area contributed by atoms with Crippen molar-refractivity contribution in [1.29, 1.82) is 0 Å². The number of piperidine rings is 2. The molecule has 0 radical (unpaired) electrons. The van der Waals surface area contributed by atoms with Crippen LogP contribution in [0.5, 0.6) is 0 Å². The molecule has 2 rings (SSSR count). The maximum atomic E-state index is 12.4. The van der Waals surface area contributed by atoms with E-state index < -0.39 is 5.60 Å². The normalized spacial score (nSPS) is 28.7. The highest BCUT2D eigenvalue weighted by atomic mass is 16.6. The van der Waals surface area contributed by atoms with Gasteiger partial charge in [-0.2, -0.15) is 0 Å². The number of hydrogen-bond acceptors (Lipinski definition) is 4. The lowest BCUT2D eigenvalue weighted by atomic mass is 9.95. The minimum absolute atomic E-state index is 0.171. The third kappa shape index (κ3) is 4.85. The van der Waals surface area contributed by atoms with E-state index in [-0.39, 0.29) is 12.1 Å². The molecule has 0 aromatic heterocycles. The average Bonchev–Trinajstić information content (AvgIpc) is 2.41. The summed E-state index contributed by atoms with van der Waals surface area (Å²) in [7, 11) is 2.18. The molecule has 2 saturated heterocycles. The summed E-state index contributed by atoms with van der Waals surface area (Å²) in [6.45, 7) is 11.1. The van der Waals surface area contributed by atoms with Gasteiger partial charge in [-0.3, -0.25) is 0 Å². The van der Waals surface area contributed by atoms with Gasteiger partial charge in [0.15, 0.2) is 0 Å². The first-order chi connectivity index (χ1) is 10.3. The topological polar surface area (TPSA) is 44.8 Å². The minimum Gasteiger partial charge on any atom is -0.444 e. The van der Waals surface area contributed by atoms with Gasteiger partial charge in [-0.15, -0.1) is 0 Å². The van der Waals surface area contributed by atoms with E-state index in [4.69, 9.17) is 4.74 Å². The van der Waals surface area contributed by atoms with Crippen molar-refractivity contribution in [2.45, 2.75) is 77.1 Å². The molecule has 0 aromatic rings. The Labute approximate surface area is 135 Å². The number of carbonyl (C=O) groups excluding carboxylic acids is 1. The molecule has 0 saturated carbocycles. The van der Waals surface area contributed by atoms with Gasteiger partial charge in [-0.05, 0) is 73.5 Å². The number of hydrogen-bond donors (Lipinski definition) is 1. The van der Waals surface area contributed by atoms with Crippen LogP contribution < -0.4 is 5.32 Å². The molecule has 0 bridgehead atoms. The van der Waals surface area contributed by atoms with Crippen molar-refractivity contribution in [1.82, 2.24) is 15.1 Å². The predicted octanol–water partition coefficient (Wildman–Crippen LogP) is 2.46. The van der Waals surface area contributed by atoms with Gasteiger partial charge in [0.2, 0.25) is 0 Å². The van der Waals surface area contributed by atoms with Crippen LogP contribution in [0.2, 0.25) is 0 Å². The van der Waals surface area contributed by atoms with E-state index in [1.807, 2.05) is 25.7 Å². The molecular weight excluding hydrogens is 278 g/mol. The Morgan fingerprint density at radius 2 is 1.77 bits per heavy atom. The molecule has 2 fully saturated rings. The van der Waals surface area contributed by atoms with Crippen LogP contribution in [-0.2, 0) is 4.74 Å². The first-order valence-corrected chi connectivity index (χ1v) is 8.70. The van der Waals surface area contributed by atoms with Crippen LogP contribution in [0.15, 0.2) is 0 Å². The lowest BCUT2D eigenvalue weighted by molar-refractivity contribution is 0.00574. The van der Waals surface area contributed by atoms with Crippen molar-refractivity contribution in [2.24, 2.45) is 0 Å². The van der Waals surface area contributed by atoms with Crippen molar-refractivity contribution in [3.8, 4) is 0 Å². The number of amides is 1. The van der Waals surface area contributed by atoms with Gasteiger partial charge >= 0.3 is 6.09 Å². The van der Waals surface area contributed by atoms with Gasteiger partial charge < -0.3 is 19.9 Å². The molecule has 1 amide bonds. The van der Waals surface area contributed by atoms with E-state index in [0.29, 0.717) is 12.1 Å². The van der Waals surface area contributed by atoms with E-state index in [1.165, 1.54) is 12.8 Å². The van der Waals surface area contributed by atoms with Crippen molar-refractivity contribution < 1.29 is 9.53 Å². The fourth-order valence-electron chi connectivity index (χ4n) is 3.42. The summed E-state index contributed by atoms with van der Waals surface area (Å²) in [5.41, 5.74) is -0.425. The summed E-state index contributed by atoms with van der Waals surface area (Å²) in [5, 5.41) is 3.80. The highest BCUT2D eigenvalue weighted by Crippen LogP contribution is 2.22. The van der Waals surface area contributed by atoms with Crippen LogP contribution in [0.25, 0.3) is 0 Å². The van der Waals surface area contributed by atoms with E-state index in [1.54, 1.807) is 0 Å². The van der Waals surface area contributed by atoms with Crippen LogP contribution in [0.1, 0.15) is 53.4 Å². The largest absolute Gasteiger partial charge is 0.444 e. The van der Waals surface area contributed by atoms with Crippen molar-refractivity contribution in [3.05, 3.63) is 0 Å². The van der Waals surface area contributed by atoms with Crippen molar-refractivity contribution >= 4 is 6.09 Å². The second kappa shape index (κ2) is 7.18. The number of likely N-dealkylation sites (tertiary alicyclic amines) is 2. The molecule has 5 nitrogen and oxygen atoms in total. The van der Waals surface area contributed by atoms with Crippen LogP contribution in [0.4, 0.5) is 4.79 Å². The average molecular weight is 311 g/mol. The van der Waals surface area contributed by atoms with E-state index >= 15 is 0 Å². The van der Waals surface area contributed by atoms with Crippen molar-refractivity contribution in [3.63, 3.8) is 0 Å². The number of nitrogens with zero attached hydrogens (tertiary/aromatic N) is 2. The SMILES string of the molecule is CC1C(NC2CCN(C)CC2)CCCN1C(=O)OC(C)(C)C. The zero-order chi connectivity index (χ0) is 16.3. The van der Waals surface area contributed by atoms with Crippen molar-refractivity contribution in [2.75, 3.05) is 26.7 Å². The Balaban J connectivity index is 1.89. The molecular formula is C17H33N3O2. The highest BCUT2D eigenvalue weighted by Gasteiger charge is 2.34.